The van der Waals surface area contributed by atoms with Crippen molar-refractivity contribution < 1.29 is 14.0 Å². The van der Waals surface area contributed by atoms with Crippen molar-refractivity contribution in [3.63, 3.8) is 0 Å². The summed E-state index contributed by atoms with van der Waals surface area (Å²) in [5.74, 6) is 2.23. The van der Waals surface area contributed by atoms with Gasteiger partial charge in [-0.2, -0.15) is 0 Å². The molecule has 10 rings (SSSR count). The van der Waals surface area contributed by atoms with Crippen LogP contribution in [0.2, 0.25) is 0 Å². The molecule has 0 saturated heterocycles. The number of hydrogen-bond acceptors (Lipinski definition) is 2. The quantitative estimate of drug-likeness (QED) is 0.144. The molecule has 8 aromatic carbocycles. The molecule has 0 aromatic heterocycles. The molecule has 6 nitrogen and oxygen atoms in total. The molecule has 0 fully saturated rings. The van der Waals surface area contributed by atoms with Crippen LogP contribution < -0.4 is 13.9 Å². The fourth-order valence-electron chi connectivity index (χ4n) is 7.54. The molecule has 56 heavy (non-hydrogen) atoms. The van der Waals surface area contributed by atoms with Crippen LogP contribution in [0.5, 0.6) is 11.5 Å². The molecule has 0 spiro atoms. The molecule has 0 radical (unpaired) electrons. The van der Waals surface area contributed by atoms with E-state index in [0.29, 0.717) is 11.5 Å². The second kappa shape index (κ2) is 13.9. The monoisotopic (exact) mass is 721 g/mol. The minimum absolute atomic E-state index is 0.694. The van der Waals surface area contributed by atoms with Gasteiger partial charge >= 0.3 is 23.5 Å². The van der Waals surface area contributed by atoms with Gasteiger partial charge in [0.25, 0.3) is 10.8 Å². The van der Waals surface area contributed by atoms with Crippen molar-refractivity contribution in [2.75, 3.05) is 7.05 Å². The summed E-state index contributed by atoms with van der Waals surface area (Å²) in [5, 5.41) is 7.14. The van der Waals surface area contributed by atoms with Crippen LogP contribution in [-0.2, 0) is 0 Å². The minimum Gasteiger partial charge on any atom is -0.457 e. The first-order valence-electron chi connectivity index (χ1n) is 18.6. The summed E-state index contributed by atoms with van der Waals surface area (Å²) in [4.78, 5) is 0. The number of rotatable bonds is 8. The van der Waals surface area contributed by atoms with Gasteiger partial charge in [-0.05, 0) is 80.3 Å². The molecule has 0 atom stereocenters. The molecule has 0 saturated carbocycles. The van der Waals surface area contributed by atoms with Crippen LogP contribution in [-0.4, -0.2) is 34.2 Å². The van der Waals surface area contributed by atoms with E-state index >= 15 is 0 Å². The highest BCUT2D eigenvalue weighted by atomic mass is 16.5. The summed E-state index contributed by atoms with van der Waals surface area (Å²) >= 11 is 0. The summed E-state index contributed by atoms with van der Waals surface area (Å²) in [5.41, 5.74) is 10.5. The molecule has 0 aliphatic carbocycles. The minimum atomic E-state index is 0.694. The van der Waals surface area contributed by atoms with Gasteiger partial charge in [0.2, 0.25) is 17.1 Å². The van der Waals surface area contributed by atoms with E-state index in [2.05, 4.69) is 149 Å². The normalized spacial score (nSPS) is 13.1. The first kappa shape index (κ1) is 32.9. The summed E-state index contributed by atoms with van der Waals surface area (Å²) in [6.45, 7) is 0. The molecule has 8 aromatic rings. The second-order valence-electron chi connectivity index (χ2n) is 13.7. The maximum atomic E-state index is 6.56. The fraction of sp³-hybridized carbons (Fsp3) is 0.0200. The van der Waals surface area contributed by atoms with Crippen LogP contribution in [0.4, 0.5) is 28.4 Å². The number of hydrazone groups is 1. The van der Waals surface area contributed by atoms with Crippen LogP contribution in [0.15, 0.2) is 199 Å². The first-order chi connectivity index (χ1) is 27.7. The molecule has 0 unspecified atom stereocenters. The van der Waals surface area contributed by atoms with Crippen molar-refractivity contribution in [2.45, 2.75) is 0 Å². The molecule has 2 aliphatic heterocycles. The number of amidine groups is 1. The van der Waals surface area contributed by atoms with Gasteiger partial charge in [-0.1, -0.05) is 115 Å². The third-order valence-corrected chi connectivity index (χ3v) is 10.1. The SMILES string of the molecule is C[N+]1=C=[N+](c2cccc(Oc3cccc([N+]4=C=[N+](c5c(-c6ccccc6)cccc5-c5ccccc5)c5c4ccc4ccccc54)c3)c2)N=C1c1ccccc1. The van der Waals surface area contributed by atoms with Crippen molar-refractivity contribution in [1.82, 2.24) is 9.15 Å². The number of hydrogen-bond donors (Lipinski definition) is 0. The Kier molecular flexibility index (Phi) is 8.16. The topological polar surface area (TPSA) is 33.6 Å². The Hall–Kier alpha value is -7.75. The Bertz CT molecular complexity index is 2950. The lowest BCUT2D eigenvalue weighted by Gasteiger charge is -2.11. The Labute approximate surface area is 324 Å². The Morgan fingerprint density at radius 1 is 0.464 bits per heavy atom. The van der Waals surface area contributed by atoms with E-state index in [9.17, 15) is 0 Å². The average Bonchev–Trinajstić information content (AvgIpc) is 3.86. The number of ether oxygens (including phenoxy) is 1. The van der Waals surface area contributed by atoms with Crippen LogP contribution in [0, 0.1) is 0 Å². The molecular formula is C50H35N5O+4. The molecule has 262 valence electrons. The van der Waals surface area contributed by atoms with E-state index in [-0.39, 0.29) is 0 Å². The molecule has 0 amide bonds. The molecule has 2 aliphatic rings. The zero-order valence-electron chi connectivity index (χ0n) is 30.6. The fourth-order valence-corrected chi connectivity index (χ4v) is 7.54. The van der Waals surface area contributed by atoms with Crippen molar-refractivity contribution in [1.29, 1.82) is 0 Å². The number of benzene rings is 8. The summed E-state index contributed by atoms with van der Waals surface area (Å²) in [6.07, 6.45) is 0. The van der Waals surface area contributed by atoms with Gasteiger partial charge < -0.3 is 4.74 Å². The lowest BCUT2D eigenvalue weighted by atomic mass is 9.95. The van der Waals surface area contributed by atoms with E-state index in [0.717, 1.165) is 72.9 Å². The summed E-state index contributed by atoms with van der Waals surface area (Å²) in [6, 6.07) is 74.1. The lowest BCUT2D eigenvalue weighted by Crippen LogP contribution is -2.13. The van der Waals surface area contributed by atoms with Crippen LogP contribution >= 0.6 is 0 Å². The van der Waals surface area contributed by atoms with Gasteiger partial charge in [-0.3, -0.25) is 0 Å². The highest BCUT2D eigenvalue weighted by Crippen LogP contribution is 2.47. The average molecular weight is 722 g/mol. The van der Waals surface area contributed by atoms with Crippen molar-refractivity contribution in [3.8, 4) is 33.8 Å². The highest BCUT2D eigenvalue weighted by Gasteiger charge is 2.41. The standard InChI is InChI=1S/C50H35N5O/c1-52-34-55(51-50(52)39-21-9-4-10-22-39)41-24-14-26-43(33-41)56-42-25-13-23-40(32-42)53-35-54(49-46-27-12-11-20-38(46)30-31-47(49)53)48-44(36-16-5-2-6-17-36)28-15-29-45(48)37-18-7-3-8-19-37/h2-33H,1H3/q+4. The number of para-hydroxylation sites is 1. The molecular weight excluding hydrogens is 687 g/mol. The van der Waals surface area contributed by atoms with Gasteiger partial charge in [-0.15, -0.1) is 4.58 Å². The van der Waals surface area contributed by atoms with Gasteiger partial charge in [0.05, 0.1) is 28.1 Å². The second-order valence-corrected chi connectivity index (χ2v) is 13.7. The van der Waals surface area contributed by atoms with Crippen LogP contribution in [0.3, 0.4) is 0 Å². The molecule has 0 bridgehead atoms. The highest BCUT2D eigenvalue weighted by molar-refractivity contribution is 6.06. The molecule has 0 N–H and O–H groups in total. The van der Waals surface area contributed by atoms with E-state index in [1.807, 2.05) is 78.4 Å². The zero-order chi connectivity index (χ0) is 37.4. The first-order valence-corrected chi connectivity index (χ1v) is 18.6. The summed E-state index contributed by atoms with van der Waals surface area (Å²) < 4.78 is 14.6. The van der Waals surface area contributed by atoms with Crippen molar-refractivity contribution >= 4 is 57.1 Å². The summed E-state index contributed by atoms with van der Waals surface area (Å²) in [7, 11) is 1.95. The Morgan fingerprint density at radius 3 is 1.71 bits per heavy atom. The predicted octanol–water partition coefficient (Wildman–Crippen LogP) is 11.7. The van der Waals surface area contributed by atoms with Crippen LogP contribution in [0.25, 0.3) is 33.0 Å². The number of fused-ring (bicyclic) bond motifs is 3. The molecule has 2 heterocycles. The lowest BCUT2D eigenvalue weighted by molar-refractivity contribution is -0.449. The van der Waals surface area contributed by atoms with Gasteiger partial charge in [-0.25, -0.2) is 0 Å². The third-order valence-electron chi connectivity index (χ3n) is 10.1. The Morgan fingerprint density at radius 2 is 1.04 bits per heavy atom. The smallest absolute Gasteiger partial charge is 0.457 e. The van der Waals surface area contributed by atoms with Gasteiger partial charge in [0, 0.05) is 18.2 Å². The van der Waals surface area contributed by atoms with E-state index in [1.165, 1.54) is 0 Å². The predicted molar refractivity (Wildman–Crippen MR) is 226 cm³/mol. The van der Waals surface area contributed by atoms with Crippen molar-refractivity contribution in [3.05, 3.63) is 200 Å². The zero-order valence-corrected chi connectivity index (χ0v) is 30.6. The maximum Gasteiger partial charge on any atom is 0.503 e. The molecule has 6 heteroatoms. The van der Waals surface area contributed by atoms with E-state index in [4.69, 9.17) is 9.84 Å². The maximum absolute atomic E-state index is 6.56. The number of nitrogens with zero attached hydrogens (tertiary/aromatic N) is 5. The van der Waals surface area contributed by atoms with Gasteiger partial charge in [0.1, 0.15) is 23.2 Å². The van der Waals surface area contributed by atoms with E-state index in [1.54, 1.807) is 4.68 Å². The van der Waals surface area contributed by atoms with Crippen LogP contribution in [0.1, 0.15) is 5.56 Å². The van der Waals surface area contributed by atoms with Crippen molar-refractivity contribution in [2.24, 2.45) is 5.10 Å². The Balaban J connectivity index is 1.10. The third kappa shape index (κ3) is 5.94. The van der Waals surface area contributed by atoms with Gasteiger partial charge in [0.15, 0.2) is 0 Å². The largest absolute Gasteiger partial charge is 0.503 e. The van der Waals surface area contributed by atoms with E-state index < -0.39 is 0 Å².